The lowest BCUT2D eigenvalue weighted by molar-refractivity contribution is 0.0298. The first-order chi connectivity index (χ1) is 36.1. The lowest BCUT2D eigenvalue weighted by Crippen LogP contribution is -2.24. The van der Waals surface area contributed by atoms with Crippen molar-refractivity contribution in [1.29, 1.82) is 0 Å². The van der Waals surface area contributed by atoms with Crippen molar-refractivity contribution in [3.05, 3.63) is 232 Å². The average Bonchev–Trinajstić information content (AvgIpc) is 4.24. The van der Waals surface area contributed by atoms with Gasteiger partial charge in [0.25, 0.3) is 0 Å². The number of rotatable bonds is 18. The number of esters is 1. The summed E-state index contributed by atoms with van der Waals surface area (Å²) in [6.45, 7) is 2.72. The molecule has 7 aromatic rings. The minimum atomic E-state index is -1.61. The van der Waals surface area contributed by atoms with Crippen molar-refractivity contribution >= 4 is 87.9 Å². The summed E-state index contributed by atoms with van der Waals surface area (Å²) < 4.78 is 32.3. The molecular weight excluding hydrogens is 1140 g/mol. The van der Waals surface area contributed by atoms with Crippen LogP contribution in [-0.4, -0.2) is 58.7 Å². The van der Waals surface area contributed by atoms with Gasteiger partial charge in [0.15, 0.2) is 5.60 Å². The monoisotopic (exact) mass is 1200 g/mol. The van der Waals surface area contributed by atoms with E-state index in [1.54, 1.807) is 14.2 Å². The van der Waals surface area contributed by atoms with Crippen molar-refractivity contribution in [3.8, 4) is 11.5 Å². The molecule has 12 heteroatoms. The van der Waals surface area contributed by atoms with Crippen molar-refractivity contribution in [1.82, 2.24) is 0 Å². The molecule has 0 aromatic heterocycles. The van der Waals surface area contributed by atoms with E-state index in [1.807, 2.05) is 60.7 Å². The van der Waals surface area contributed by atoms with Gasteiger partial charge in [-0.25, -0.2) is 4.79 Å². The highest BCUT2D eigenvalue weighted by Gasteiger charge is 2.48. The predicted octanol–water partition coefficient (Wildman–Crippen LogP) is 15.6. The van der Waals surface area contributed by atoms with Gasteiger partial charge in [0, 0.05) is 63.3 Å². The van der Waals surface area contributed by atoms with Crippen LogP contribution < -0.4 is 20.1 Å². The fourth-order valence-electron chi connectivity index (χ4n) is 10.2. The molecule has 2 fully saturated rings. The molecule has 0 amide bonds. The van der Waals surface area contributed by atoms with Gasteiger partial charge in [0.2, 0.25) is 0 Å². The van der Waals surface area contributed by atoms with Gasteiger partial charge >= 0.3 is 5.97 Å². The Morgan fingerprint density at radius 3 is 1.49 bits per heavy atom. The lowest BCUT2D eigenvalue weighted by atomic mass is 9.82. The predicted molar refractivity (Wildman–Crippen MR) is 308 cm³/mol. The van der Waals surface area contributed by atoms with E-state index in [0.29, 0.717) is 54.2 Å². The third kappa shape index (κ3) is 11.4. The first kappa shape index (κ1) is 51.8. The Morgan fingerprint density at radius 1 is 0.608 bits per heavy atom. The second-order valence-corrected chi connectivity index (χ2v) is 21.6. The standard InChI is InChI=1S/C62H56Br3ClN2O6/c1-70-45-23-19-43(20-24-45)51(49-27-17-41(31-39-11-5-3-6-12-39)33-53(49)67-37-47-15-9-29-72-47)35-62(56-55(61(69)74-62)57(63)59(65)60(66)58(56)64)36-52(44-21-25-46(71-2)26-22-44)50-28-18-42(32-40-13-7-4-8-14-40)34-54(50)68-38-48-16-10-30-73-48/h3-8,11-14,17-28,33-36,47-48,67-68H,9-10,15-16,29-32,37-38H2,1-2H3. The van der Waals surface area contributed by atoms with Gasteiger partial charge in [0.05, 0.1) is 41.5 Å². The van der Waals surface area contributed by atoms with E-state index in [9.17, 15) is 4.79 Å². The first-order valence-electron chi connectivity index (χ1n) is 25.0. The second-order valence-electron chi connectivity index (χ2n) is 18.9. The fraction of sp³-hybridized carbons (Fsp3) is 0.242. The summed E-state index contributed by atoms with van der Waals surface area (Å²) in [6, 6.07) is 50.1. The molecule has 2 N–H and O–H groups in total. The fourth-order valence-corrected chi connectivity index (χ4v) is 12.4. The Bertz CT molecular complexity index is 3020. The molecule has 74 heavy (non-hydrogen) atoms. The quantitative estimate of drug-likeness (QED) is 0.0499. The number of hydrogen-bond donors (Lipinski definition) is 2. The topological polar surface area (TPSA) is 87.3 Å². The second kappa shape index (κ2) is 23.5. The number of fused-ring (bicyclic) bond motifs is 1. The summed E-state index contributed by atoms with van der Waals surface area (Å²) in [5.41, 5.74) is 10.9. The molecule has 7 aromatic carbocycles. The van der Waals surface area contributed by atoms with Crippen LogP contribution in [0.5, 0.6) is 11.5 Å². The van der Waals surface area contributed by atoms with Gasteiger partial charge in [-0.05, 0) is 179 Å². The molecule has 0 aliphatic carbocycles. The summed E-state index contributed by atoms with van der Waals surface area (Å²) in [7, 11) is 3.32. The number of ether oxygens (including phenoxy) is 5. The van der Waals surface area contributed by atoms with Crippen LogP contribution in [0.15, 0.2) is 171 Å². The van der Waals surface area contributed by atoms with Gasteiger partial charge in [-0.3, -0.25) is 0 Å². The van der Waals surface area contributed by atoms with E-state index >= 15 is 0 Å². The Balaban J connectivity index is 1.25. The van der Waals surface area contributed by atoms with Gasteiger partial charge < -0.3 is 34.3 Å². The molecule has 2 saturated heterocycles. The van der Waals surface area contributed by atoms with Crippen molar-refractivity contribution in [2.75, 3.05) is 51.2 Å². The van der Waals surface area contributed by atoms with Crippen LogP contribution in [0.4, 0.5) is 11.4 Å². The smallest absolute Gasteiger partial charge is 0.341 e. The third-order valence-electron chi connectivity index (χ3n) is 14.0. The number of nitrogens with one attached hydrogen (secondary N) is 2. The average molecular weight is 1200 g/mol. The van der Waals surface area contributed by atoms with Crippen molar-refractivity contribution in [3.63, 3.8) is 0 Å². The zero-order valence-electron chi connectivity index (χ0n) is 41.2. The number of halogens is 4. The highest BCUT2D eigenvalue weighted by molar-refractivity contribution is 9.13. The minimum Gasteiger partial charge on any atom is -0.497 e. The number of benzene rings is 7. The largest absolute Gasteiger partial charge is 0.497 e. The van der Waals surface area contributed by atoms with Crippen molar-refractivity contribution in [2.45, 2.75) is 56.3 Å². The van der Waals surface area contributed by atoms with Crippen molar-refractivity contribution in [2.24, 2.45) is 0 Å². The minimum absolute atomic E-state index is 0.0639. The van der Waals surface area contributed by atoms with Crippen LogP contribution in [0.1, 0.15) is 86.1 Å². The van der Waals surface area contributed by atoms with E-state index in [-0.39, 0.29) is 12.2 Å². The molecule has 2 atom stereocenters. The molecule has 10 rings (SSSR count). The highest BCUT2D eigenvalue weighted by Crippen LogP contribution is 2.54. The Labute approximate surface area is 463 Å². The maximum Gasteiger partial charge on any atom is 0.341 e. The van der Waals surface area contributed by atoms with Gasteiger partial charge in [-0.15, -0.1) is 0 Å². The Kier molecular flexibility index (Phi) is 16.4. The van der Waals surface area contributed by atoms with Crippen LogP contribution >= 0.6 is 59.4 Å². The van der Waals surface area contributed by atoms with E-state index in [1.165, 1.54) is 11.1 Å². The SMILES string of the molecule is COc1ccc(C(=CC2(C=C(c3ccc(OC)cc3)c3ccc(Cc4ccccc4)cc3NCC3CCCO3)OC(=O)c3c(Br)c(Br)c(Cl)c(Br)c32)c2ccc(Cc3ccccc3)cc2NCC2CCCO2)cc1. The number of hydrogen-bond acceptors (Lipinski definition) is 8. The molecule has 2 unspecified atom stereocenters. The number of carbonyl (C=O) groups excluding carboxylic acids is 1. The van der Waals surface area contributed by atoms with Crippen molar-refractivity contribution < 1.29 is 28.5 Å². The molecule has 0 bridgehead atoms. The zero-order valence-corrected chi connectivity index (χ0v) is 46.7. The zero-order chi connectivity index (χ0) is 51.2. The summed E-state index contributed by atoms with van der Waals surface area (Å²) >= 11 is 18.7. The van der Waals surface area contributed by atoms with E-state index in [2.05, 4.69) is 156 Å². The molecule has 378 valence electrons. The summed E-state index contributed by atoms with van der Waals surface area (Å²) in [6.07, 6.45) is 9.74. The highest BCUT2D eigenvalue weighted by atomic mass is 79.9. The molecule has 3 aliphatic heterocycles. The molecule has 0 radical (unpaired) electrons. The number of carbonyl (C=O) groups is 1. The number of cyclic esters (lactones) is 1. The molecular formula is C62H56Br3ClN2O6. The normalized spacial score (nSPS) is 18.5. The molecule has 0 spiro atoms. The van der Waals surface area contributed by atoms with E-state index in [4.69, 9.17) is 35.3 Å². The van der Waals surface area contributed by atoms with Crippen LogP contribution in [0.2, 0.25) is 5.02 Å². The molecule has 8 nitrogen and oxygen atoms in total. The first-order valence-corrected chi connectivity index (χ1v) is 27.7. The summed E-state index contributed by atoms with van der Waals surface area (Å²) in [5, 5.41) is 8.06. The maximum absolute atomic E-state index is 15.0. The number of anilines is 2. The van der Waals surface area contributed by atoms with E-state index in [0.717, 1.165) is 108 Å². The van der Waals surface area contributed by atoms with Crippen LogP contribution in [0.25, 0.3) is 11.1 Å². The van der Waals surface area contributed by atoms with E-state index < -0.39 is 11.6 Å². The molecule has 0 saturated carbocycles. The lowest BCUT2D eigenvalue weighted by Gasteiger charge is -2.29. The Morgan fingerprint density at radius 2 is 1.07 bits per heavy atom. The summed E-state index contributed by atoms with van der Waals surface area (Å²) in [5.74, 6) is 0.892. The molecule has 3 aliphatic rings. The summed E-state index contributed by atoms with van der Waals surface area (Å²) in [4.78, 5) is 15.0. The van der Waals surface area contributed by atoms with Gasteiger partial charge in [0.1, 0.15) is 11.5 Å². The van der Waals surface area contributed by atoms with Gasteiger partial charge in [-0.1, -0.05) is 121 Å². The van der Waals surface area contributed by atoms with Crippen LogP contribution in [-0.2, 0) is 32.7 Å². The van der Waals surface area contributed by atoms with Crippen LogP contribution in [0.3, 0.4) is 0 Å². The number of methoxy groups -OCH3 is 2. The molecule has 3 heterocycles. The maximum atomic E-state index is 15.0. The Hall–Kier alpha value is -5.66. The third-order valence-corrected chi connectivity index (χ3v) is 17.7. The van der Waals surface area contributed by atoms with Gasteiger partial charge in [-0.2, -0.15) is 0 Å². The van der Waals surface area contributed by atoms with Crippen LogP contribution in [0, 0.1) is 0 Å².